The van der Waals surface area contributed by atoms with Crippen LogP contribution in [-0.2, 0) is 4.74 Å². The standard InChI is InChI=1S/C14H21BrN4O2.HI/c1-10(9-21-2)19-14(16)18-8-7-17-13(20)11-3-5-12(15)6-4-11;/h3-6,10H,7-9H2,1-2H3,(H,17,20)(H3,16,18,19);1H. The fourth-order valence-corrected chi connectivity index (χ4v) is 1.90. The maximum absolute atomic E-state index is 11.8. The average molecular weight is 485 g/mol. The van der Waals surface area contributed by atoms with Gasteiger partial charge >= 0.3 is 0 Å². The molecule has 0 saturated heterocycles. The van der Waals surface area contributed by atoms with Crippen LogP contribution >= 0.6 is 39.9 Å². The van der Waals surface area contributed by atoms with E-state index in [-0.39, 0.29) is 35.9 Å². The third-order valence-corrected chi connectivity index (χ3v) is 3.13. The predicted octanol–water partition coefficient (Wildman–Crippen LogP) is 1.74. The molecule has 124 valence electrons. The number of methoxy groups -OCH3 is 1. The van der Waals surface area contributed by atoms with E-state index in [0.29, 0.717) is 31.2 Å². The first-order chi connectivity index (χ1) is 10.0. The van der Waals surface area contributed by atoms with Crippen LogP contribution in [-0.4, -0.2) is 44.7 Å². The molecule has 1 amide bonds. The van der Waals surface area contributed by atoms with E-state index in [1.54, 1.807) is 19.2 Å². The van der Waals surface area contributed by atoms with E-state index in [9.17, 15) is 4.79 Å². The zero-order valence-corrected chi connectivity index (χ0v) is 16.6. The summed E-state index contributed by atoms with van der Waals surface area (Å²) in [4.78, 5) is 16.0. The summed E-state index contributed by atoms with van der Waals surface area (Å²) >= 11 is 3.33. The number of aliphatic imine (C=N–C) groups is 1. The molecule has 1 unspecified atom stereocenters. The largest absolute Gasteiger partial charge is 0.383 e. The zero-order chi connectivity index (χ0) is 15.7. The molecule has 6 nitrogen and oxygen atoms in total. The molecule has 4 N–H and O–H groups in total. The molecule has 1 atom stereocenters. The van der Waals surface area contributed by atoms with Gasteiger partial charge in [-0.2, -0.15) is 0 Å². The summed E-state index contributed by atoms with van der Waals surface area (Å²) in [6, 6.07) is 7.25. The third-order valence-electron chi connectivity index (χ3n) is 2.60. The Balaban J connectivity index is 0.00000441. The van der Waals surface area contributed by atoms with Crippen LogP contribution in [0.15, 0.2) is 33.7 Å². The number of benzene rings is 1. The maximum atomic E-state index is 11.8. The lowest BCUT2D eigenvalue weighted by molar-refractivity contribution is 0.0955. The molecule has 1 rings (SSSR count). The van der Waals surface area contributed by atoms with Gasteiger partial charge in [0.05, 0.1) is 13.2 Å². The molecule has 0 bridgehead atoms. The van der Waals surface area contributed by atoms with Gasteiger partial charge in [0.1, 0.15) is 0 Å². The first-order valence-electron chi connectivity index (χ1n) is 6.62. The van der Waals surface area contributed by atoms with Crippen molar-refractivity contribution < 1.29 is 9.53 Å². The molecule has 0 spiro atoms. The van der Waals surface area contributed by atoms with E-state index in [0.717, 1.165) is 4.47 Å². The van der Waals surface area contributed by atoms with E-state index < -0.39 is 0 Å². The number of carbonyl (C=O) groups is 1. The monoisotopic (exact) mass is 484 g/mol. The van der Waals surface area contributed by atoms with Crippen molar-refractivity contribution in [2.45, 2.75) is 13.0 Å². The summed E-state index contributed by atoms with van der Waals surface area (Å²) in [6.07, 6.45) is 0. The second kappa shape index (κ2) is 11.7. The molecule has 0 aliphatic rings. The number of guanidine groups is 1. The maximum Gasteiger partial charge on any atom is 0.251 e. The van der Waals surface area contributed by atoms with Gasteiger partial charge < -0.3 is 21.1 Å². The highest BCUT2D eigenvalue weighted by Crippen LogP contribution is 2.10. The smallest absolute Gasteiger partial charge is 0.251 e. The first-order valence-corrected chi connectivity index (χ1v) is 7.41. The van der Waals surface area contributed by atoms with Crippen LogP contribution in [0.2, 0.25) is 0 Å². The molecule has 0 aliphatic heterocycles. The van der Waals surface area contributed by atoms with E-state index in [4.69, 9.17) is 10.5 Å². The summed E-state index contributed by atoms with van der Waals surface area (Å²) in [5, 5.41) is 5.77. The van der Waals surface area contributed by atoms with Crippen LogP contribution in [0.4, 0.5) is 0 Å². The van der Waals surface area contributed by atoms with E-state index in [1.807, 2.05) is 19.1 Å². The fraction of sp³-hybridized carbons (Fsp3) is 0.429. The van der Waals surface area contributed by atoms with Crippen molar-refractivity contribution in [2.24, 2.45) is 10.7 Å². The Kier molecular flexibility index (Phi) is 11.2. The lowest BCUT2D eigenvalue weighted by Gasteiger charge is -2.13. The van der Waals surface area contributed by atoms with Crippen molar-refractivity contribution in [3.8, 4) is 0 Å². The van der Waals surface area contributed by atoms with Crippen LogP contribution in [0, 0.1) is 0 Å². The van der Waals surface area contributed by atoms with E-state index >= 15 is 0 Å². The van der Waals surface area contributed by atoms with Crippen molar-refractivity contribution in [3.05, 3.63) is 34.3 Å². The minimum atomic E-state index is -0.128. The Hall–Kier alpha value is -0.870. The molecular formula is C14H22BrIN4O2. The SMILES string of the molecule is COCC(C)NC(N)=NCCNC(=O)c1ccc(Br)cc1.I. The summed E-state index contributed by atoms with van der Waals surface area (Å²) in [5.74, 6) is 0.217. The molecular weight excluding hydrogens is 463 g/mol. The summed E-state index contributed by atoms with van der Waals surface area (Å²) in [6.45, 7) is 3.34. The van der Waals surface area contributed by atoms with Crippen LogP contribution in [0.25, 0.3) is 0 Å². The normalized spacial score (nSPS) is 12.2. The topological polar surface area (TPSA) is 88.7 Å². The van der Waals surface area contributed by atoms with Gasteiger partial charge in [0.15, 0.2) is 5.96 Å². The summed E-state index contributed by atoms with van der Waals surface area (Å²) in [7, 11) is 1.63. The average Bonchev–Trinajstić information content (AvgIpc) is 2.44. The molecule has 0 aliphatic carbocycles. The van der Waals surface area contributed by atoms with Crippen LogP contribution in [0.5, 0.6) is 0 Å². The number of halogens is 2. The van der Waals surface area contributed by atoms with Crippen LogP contribution in [0.1, 0.15) is 17.3 Å². The predicted molar refractivity (Wildman–Crippen MR) is 103 cm³/mol. The second-order valence-electron chi connectivity index (χ2n) is 4.53. The number of hydrogen-bond acceptors (Lipinski definition) is 3. The number of carbonyl (C=O) groups excluding carboxylic acids is 1. The van der Waals surface area contributed by atoms with Crippen LogP contribution in [0.3, 0.4) is 0 Å². The van der Waals surface area contributed by atoms with Gasteiger partial charge in [-0.15, -0.1) is 24.0 Å². The molecule has 0 radical (unpaired) electrons. The minimum absolute atomic E-state index is 0. The Bertz CT molecular complexity index is 482. The van der Waals surface area contributed by atoms with E-state index in [1.165, 1.54) is 0 Å². The van der Waals surface area contributed by atoms with Gasteiger partial charge in [-0.05, 0) is 31.2 Å². The Labute approximate surface area is 156 Å². The molecule has 0 saturated carbocycles. The highest BCUT2D eigenvalue weighted by molar-refractivity contribution is 14.0. The van der Waals surface area contributed by atoms with Crippen molar-refractivity contribution >= 4 is 51.8 Å². The van der Waals surface area contributed by atoms with Gasteiger partial charge in [0.2, 0.25) is 0 Å². The Morgan fingerprint density at radius 3 is 2.64 bits per heavy atom. The number of rotatable bonds is 7. The lowest BCUT2D eigenvalue weighted by Crippen LogP contribution is -2.41. The first kappa shape index (κ1) is 21.1. The van der Waals surface area contributed by atoms with Gasteiger partial charge in [-0.1, -0.05) is 15.9 Å². The lowest BCUT2D eigenvalue weighted by atomic mass is 10.2. The van der Waals surface area contributed by atoms with Crippen molar-refractivity contribution in [3.63, 3.8) is 0 Å². The van der Waals surface area contributed by atoms with E-state index in [2.05, 4.69) is 31.6 Å². The van der Waals surface area contributed by atoms with Gasteiger partial charge in [-0.25, -0.2) is 0 Å². The number of hydrogen-bond donors (Lipinski definition) is 3. The molecule has 1 aromatic rings. The molecule has 0 heterocycles. The molecule has 1 aromatic carbocycles. The van der Waals surface area contributed by atoms with Gasteiger partial charge in [-0.3, -0.25) is 9.79 Å². The zero-order valence-electron chi connectivity index (χ0n) is 12.6. The number of nitrogens with zero attached hydrogens (tertiary/aromatic N) is 1. The van der Waals surface area contributed by atoms with Crippen molar-refractivity contribution in [1.82, 2.24) is 10.6 Å². The Morgan fingerprint density at radius 2 is 2.05 bits per heavy atom. The number of ether oxygens (including phenoxy) is 1. The molecule has 8 heteroatoms. The summed E-state index contributed by atoms with van der Waals surface area (Å²) in [5.41, 5.74) is 6.33. The highest BCUT2D eigenvalue weighted by atomic mass is 127. The summed E-state index contributed by atoms with van der Waals surface area (Å²) < 4.78 is 5.92. The van der Waals surface area contributed by atoms with Crippen molar-refractivity contribution in [2.75, 3.05) is 26.8 Å². The Morgan fingerprint density at radius 1 is 1.41 bits per heavy atom. The highest BCUT2D eigenvalue weighted by Gasteiger charge is 2.04. The van der Waals surface area contributed by atoms with Gasteiger partial charge in [0.25, 0.3) is 5.91 Å². The van der Waals surface area contributed by atoms with Gasteiger partial charge in [0, 0.05) is 29.7 Å². The molecule has 22 heavy (non-hydrogen) atoms. The molecule has 0 aromatic heterocycles. The van der Waals surface area contributed by atoms with Crippen LogP contribution < -0.4 is 16.4 Å². The quantitative estimate of drug-likeness (QED) is 0.238. The number of amides is 1. The molecule has 0 fully saturated rings. The fourth-order valence-electron chi connectivity index (χ4n) is 1.64. The minimum Gasteiger partial charge on any atom is -0.383 e. The third kappa shape index (κ3) is 8.54. The number of nitrogens with two attached hydrogens (primary N) is 1. The number of nitrogens with one attached hydrogen (secondary N) is 2. The van der Waals surface area contributed by atoms with Crippen molar-refractivity contribution in [1.29, 1.82) is 0 Å². The second-order valence-corrected chi connectivity index (χ2v) is 5.45.